The van der Waals surface area contributed by atoms with E-state index in [4.69, 9.17) is 11.2 Å². The first kappa shape index (κ1) is 28.2. The van der Waals surface area contributed by atoms with Crippen molar-refractivity contribution >= 4 is 27.7 Å². The first-order valence-electron chi connectivity index (χ1n) is 10.8. The lowest BCUT2D eigenvalue weighted by atomic mass is 10.0. The van der Waals surface area contributed by atoms with Gasteiger partial charge in [-0.25, -0.2) is 17.8 Å². The van der Waals surface area contributed by atoms with Gasteiger partial charge in [-0.05, 0) is 42.0 Å². The Morgan fingerprint density at radius 1 is 1.18 bits per heavy atom. The van der Waals surface area contributed by atoms with Gasteiger partial charge in [-0.3, -0.25) is 9.52 Å². The SMILES string of the molecule is C#Cc1cc(CNC(=O)/C=C\c2ccc(C(F)(F)F)nc2-c2cccc(OC)c2)cc(F)c1NS(C)(=O)=O. The van der Waals surface area contributed by atoms with Crippen LogP contribution in [0.5, 0.6) is 5.75 Å². The summed E-state index contributed by atoms with van der Waals surface area (Å²) in [5.74, 6) is 1.03. The molecule has 0 saturated heterocycles. The zero-order chi connectivity index (χ0) is 28.1. The maximum atomic E-state index is 14.5. The summed E-state index contributed by atoms with van der Waals surface area (Å²) in [6.07, 6.45) is 3.92. The third kappa shape index (κ3) is 7.33. The average Bonchev–Trinajstić information content (AvgIpc) is 2.86. The summed E-state index contributed by atoms with van der Waals surface area (Å²) in [6, 6.07) is 10.6. The molecule has 0 spiro atoms. The van der Waals surface area contributed by atoms with E-state index in [0.717, 1.165) is 24.5 Å². The lowest BCUT2D eigenvalue weighted by Crippen LogP contribution is -2.21. The van der Waals surface area contributed by atoms with Crippen LogP contribution in [0.2, 0.25) is 0 Å². The number of nitrogens with one attached hydrogen (secondary N) is 2. The molecule has 0 aliphatic rings. The highest BCUT2D eigenvalue weighted by Crippen LogP contribution is 2.32. The summed E-state index contributed by atoms with van der Waals surface area (Å²) >= 11 is 0. The number of terminal acetylenes is 1. The summed E-state index contributed by atoms with van der Waals surface area (Å²) in [5.41, 5.74) is -0.730. The quantitative estimate of drug-likeness (QED) is 0.244. The maximum absolute atomic E-state index is 14.5. The van der Waals surface area contributed by atoms with Crippen molar-refractivity contribution in [1.29, 1.82) is 0 Å². The molecule has 0 atom stereocenters. The Kier molecular flexibility index (Phi) is 8.42. The van der Waals surface area contributed by atoms with E-state index >= 15 is 0 Å². The van der Waals surface area contributed by atoms with E-state index in [-0.39, 0.29) is 34.6 Å². The van der Waals surface area contributed by atoms with Gasteiger partial charge in [0, 0.05) is 23.7 Å². The summed E-state index contributed by atoms with van der Waals surface area (Å²) in [6.45, 7) is -0.165. The van der Waals surface area contributed by atoms with E-state index in [0.29, 0.717) is 11.3 Å². The van der Waals surface area contributed by atoms with Gasteiger partial charge >= 0.3 is 6.18 Å². The van der Waals surface area contributed by atoms with Crippen molar-refractivity contribution < 1.29 is 35.5 Å². The van der Waals surface area contributed by atoms with Crippen molar-refractivity contribution in [3.63, 3.8) is 0 Å². The highest BCUT2D eigenvalue weighted by molar-refractivity contribution is 7.92. The molecule has 0 unspecified atom stereocenters. The molecular weight excluding hydrogens is 526 g/mol. The lowest BCUT2D eigenvalue weighted by Gasteiger charge is -2.12. The van der Waals surface area contributed by atoms with Crippen molar-refractivity contribution in [2.45, 2.75) is 12.7 Å². The van der Waals surface area contributed by atoms with E-state index in [1.165, 1.54) is 31.4 Å². The Bertz CT molecular complexity index is 1550. The van der Waals surface area contributed by atoms with Crippen molar-refractivity contribution in [1.82, 2.24) is 10.3 Å². The number of rotatable bonds is 8. The number of hydrogen-bond acceptors (Lipinski definition) is 5. The minimum atomic E-state index is -4.67. The molecule has 38 heavy (non-hydrogen) atoms. The second kappa shape index (κ2) is 11.4. The van der Waals surface area contributed by atoms with Gasteiger partial charge in [-0.2, -0.15) is 13.2 Å². The molecule has 1 aromatic heterocycles. The first-order valence-corrected chi connectivity index (χ1v) is 12.6. The van der Waals surface area contributed by atoms with Crippen LogP contribution >= 0.6 is 0 Å². The van der Waals surface area contributed by atoms with Crippen LogP contribution in [0, 0.1) is 18.2 Å². The van der Waals surface area contributed by atoms with Gasteiger partial charge < -0.3 is 10.1 Å². The van der Waals surface area contributed by atoms with Gasteiger partial charge in [0.25, 0.3) is 0 Å². The third-order valence-electron chi connectivity index (χ3n) is 5.03. The molecule has 12 heteroatoms. The van der Waals surface area contributed by atoms with E-state index in [2.05, 4.69) is 16.2 Å². The van der Waals surface area contributed by atoms with Crippen LogP contribution in [0.1, 0.15) is 22.4 Å². The Morgan fingerprint density at radius 3 is 2.55 bits per heavy atom. The number of pyridine rings is 1. The van der Waals surface area contributed by atoms with Crippen LogP contribution in [0.4, 0.5) is 23.2 Å². The number of hydrogen-bond donors (Lipinski definition) is 2. The predicted octanol–water partition coefficient (Wildman–Crippen LogP) is 4.60. The van der Waals surface area contributed by atoms with Gasteiger partial charge in [0.1, 0.15) is 17.3 Å². The third-order valence-corrected chi connectivity index (χ3v) is 5.61. The summed E-state index contributed by atoms with van der Waals surface area (Å²) in [7, 11) is -2.37. The minimum absolute atomic E-state index is 0.0162. The number of alkyl halides is 3. The Morgan fingerprint density at radius 2 is 1.92 bits per heavy atom. The molecule has 2 aromatic carbocycles. The number of aromatic nitrogens is 1. The number of sulfonamides is 1. The first-order chi connectivity index (χ1) is 17.8. The highest BCUT2D eigenvalue weighted by Gasteiger charge is 2.33. The molecule has 7 nitrogen and oxygen atoms in total. The number of nitrogens with zero attached hydrogens (tertiary/aromatic N) is 1. The highest BCUT2D eigenvalue weighted by atomic mass is 32.2. The van der Waals surface area contributed by atoms with E-state index in [9.17, 15) is 30.8 Å². The number of methoxy groups -OCH3 is 1. The second-order valence-corrected chi connectivity index (χ2v) is 9.68. The number of benzene rings is 2. The average molecular weight is 548 g/mol. The lowest BCUT2D eigenvalue weighted by molar-refractivity contribution is -0.141. The molecule has 0 radical (unpaired) electrons. The molecule has 1 amide bonds. The fraction of sp³-hybridized carbons (Fsp3) is 0.154. The number of amides is 1. The molecule has 0 fully saturated rings. The molecular formula is C26H21F4N3O4S. The standard InChI is InChI=1S/C26H21F4N3O4S/c1-4-17-12-16(13-21(27)25(17)33-38(3,35)36)15-31-23(34)11-9-18-8-10-22(26(28,29)30)32-24(18)19-6-5-7-20(14-19)37-2/h1,5-14,33H,15H2,2-3H3,(H,31,34)/b11-9-. The molecule has 0 saturated carbocycles. The molecule has 198 valence electrons. The number of carbonyl (C=O) groups is 1. The fourth-order valence-corrected chi connectivity index (χ4v) is 3.92. The van der Waals surface area contributed by atoms with Crippen LogP contribution in [-0.4, -0.2) is 32.7 Å². The van der Waals surface area contributed by atoms with Crippen LogP contribution in [0.15, 0.2) is 54.6 Å². The number of ether oxygens (including phenoxy) is 1. The monoisotopic (exact) mass is 547 g/mol. The van der Waals surface area contributed by atoms with Crippen LogP contribution in [0.3, 0.4) is 0 Å². The van der Waals surface area contributed by atoms with E-state index < -0.39 is 33.6 Å². The largest absolute Gasteiger partial charge is 0.497 e. The van der Waals surface area contributed by atoms with Crippen LogP contribution < -0.4 is 14.8 Å². The van der Waals surface area contributed by atoms with Gasteiger partial charge in [0.15, 0.2) is 0 Å². The molecule has 0 aliphatic carbocycles. The molecule has 3 aromatic rings. The second-order valence-electron chi connectivity index (χ2n) is 7.93. The fourth-order valence-electron chi connectivity index (χ4n) is 3.35. The minimum Gasteiger partial charge on any atom is -0.497 e. The zero-order valence-corrected chi connectivity index (χ0v) is 20.9. The molecule has 0 bridgehead atoms. The zero-order valence-electron chi connectivity index (χ0n) is 20.1. The van der Waals surface area contributed by atoms with Crippen LogP contribution in [-0.2, 0) is 27.5 Å². The number of halogens is 4. The van der Waals surface area contributed by atoms with E-state index in [1.54, 1.807) is 18.2 Å². The Hall–Kier alpha value is -4.37. The summed E-state index contributed by atoms with van der Waals surface area (Å²) in [4.78, 5) is 16.2. The molecule has 1 heterocycles. The maximum Gasteiger partial charge on any atom is 0.433 e. The van der Waals surface area contributed by atoms with Crippen molar-refractivity contribution in [2.75, 3.05) is 18.1 Å². The number of anilines is 1. The topological polar surface area (TPSA) is 97.4 Å². The normalized spacial score (nSPS) is 11.7. The van der Waals surface area contributed by atoms with Gasteiger partial charge in [0.2, 0.25) is 15.9 Å². The van der Waals surface area contributed by atoms with Crippen molar-refractivity contribution in [3.8, 4) is 29.4 Å². The van der Waals surface area contributed by atoms with Gasteiger partial charge in [-0.15, -0.1) is 6.42 Å². The Labute approximate surface area is 216 Å². The van der Waals surface area contributed by atoms with Gasteiger partial charge in [-0.1, -0.05) is 24.1 Å². The molecule has 3 rings (SSSR count). The molecule has 2 N–H and O–H groups in total. The summed E-state index contributed by atoms with van der Waals surface area (Å²) < 4.78 is 84.3. The molecule has 0 aliphatic heterocycles. The van der Waals surface area contributed by atoms with Gasteiger partial charge in [0.05, 0.1) is 30.3 Å². The van der Waals surface area contributed by atoms with Crippen molar-refractivity contribution in [3.05, 3.63) is 82.8 Å². The van der Waals surface area contributed by atoms with E-state index in [1.807, 2.05) is 4.72 Å². The Balaban J connectivity index is 1.83. The smallest absolute Gasteiger partial charge is 0.433 e. The van der Waals surface area contributed by atoms with Crippen LogP contribution in [0.25, 0.3) is 17.3 Å². The summed E-state index contributed by atoms with van der Waals surface area (Å²) in [5, 5.41) is 2.51. The number of carbonyl (C=O) groups excluding carboxylic acids is 1. The van der Waals surface area contributed by atoms with Crippen molar-refractivity contribution in [2.24, 2.45) is 0 Å². The predicted molar refractivity (Wildman–Crippen MR) is 135 cm³/mol.